The second kappa shape index (κ2) is 5.33. The molecular formula is C14H15BrINO2. The smallest absolute Gasteiger partial charge is 0.255 e. The molecule has 1 saturated heterocycles. The Kier molecular flexibility index (Phi) is 3.88. The third kappa shape index (κ3) is 2.56. The first-order chi connectivity index (χ1) is 9.06. The van der Waals surface area contributed by atoms with Gasteiger partial charge in [0.25, 0.3) is 5.91 Å². The lowest BCUT2D eigenvalue weighted by Gasteiger charge is -2.19. The van der Waals surface area contributed by atoms with Crippen LogP contribution >= 0.6 is 38.5 Å². The van der Waals surface area contributed by atoms with E-state index in [9.17, 15) is 9.90 Å². The van der Waals surface area contributed by atoms with E-state index in [0.29, 0.717) is 12.5 Å². The fourth-order valence-corrected chi connectivity index (χ4v) is 4.14. The number of benzene rings is 1. The van der Waals surface area contributed by atoms with Crippen LogP contribution in [0.1, 0.15) is 23.2 Å². The van der Waals surface area contributed by atoms with Crippen molar-refractivity contribution >= 4 is 44.4 Å². The van der Waals surface area contributed by atoms with Gasteiger partial charge in [-0.15, -0.1) is 0 Å². The first kappa shape index (κ1) is 13.8. The molecule has 2 aliphatic rings. The Morgan fingerprint density at radius 2 is 2.16 bits per heavy atom. The molecule has 0 aromatic heterocycles. The van der Waals surface area contributed by atoms with Gasteiger partial charge in [-0.3, -0.25) is 4.79 Å². The highest BCUT2D eigenvalue weighted by Crippen LogP contribution is 2.38. The summed E-state index contributed by atoms with van der Waals surface area (Å²) in [6.07, 6.45) is 1.72. The van der Waals surface area contributed by atoms with Crippen molar-refractivity contribution in [3.8, 4) is 0 Å². The summed E-state index contributed by atoms with van der Waals surface area (Å²) in [6.45, 7) is 1.49. The molecule has 0 spiro atoms. The maximum atomic E-state index is 12.6. The molecule has 1 aliphatic heterocycles. The van der Waals surface area contributed by atoms with E-state index in [2.05, 4.69) is 38.5 Å². The van der Waals surface area contributed by atoms with Crippen LogP contribution < -0.4 is 0 Å². The molecule has 19 heavy (non-hydrogen) atoms. The Morgan fingerprint density at radius 3 is 2.89 bits per heavy atom. The topological polar surface area (TPSA) is 40.5 Å². The lowest BCUT2D eigenvalue weighted by molar-refractivity contribution is 0.0751. The number of rotatable bonds is 1. The Hall–Kier alpha value is -0.140. The van der Waals surface area contributed by atoms with Crippen molar-refractivity contribution in [3.63, 3.8) is 0 Å². The highest BCUT2D eigenvalue weighted by atomic mass is 127. The van der Waals surface area contributed by atoms with Crippen molar-refractivity contribution in [1.29, 1.82) is 0 Å². The molecule has 1 aliphatic carbocycles. The van der Waals surface area contributed by atoms with Crippen molar-refractivity contribution in [2.24, 2.45) is 11.8 Å². The van der Waals surface area contributed by atoms with E-state index in [1.54, 1.807) is 0 Å². The minimum atomic E-state index is -0.220. The van der Waals surface area contributed by atoms with E-state index in [1.165, 1.54) is 0 Å². The number of hydrogen-bond donors (Lipinski definition) is 1. The van der Waals surface area contributed by atoms with E-state index in [-0.39, 0.29) is 17.9 Å². The lowest BCUT2D eigenvalue weighted by Crippen LogP contribution is -2.31. The molecule has 1 amide bonds. The zero-order valence-corrected chi connectivity index (χ0v) is 14.1. The van der Waals surface area contributed by atoms with Gasteiger partial charge in [0, 0.05) is 27.1 Å². The van der Waals surface area contributed by atoms with Crippen LogP contribution in [0.25, 0.3) is 0 Å². The summed E-state index contributed by atoms with van der Waals surface area (Å²) in [5.74, 6) is 0.845. The first-order valence-corrected chi connectivity index (χ1v) is 8.36. The van der Waals surface area contributed by atoms with Crippen molar-refractivity contribution in [2.75, 3.05) is 13.1 Å². The summed E-state index contributed by atoms with van der Waals surface area (Å²) in [6, 6.07) is 5.81. The predicted octanol–water partition coefficient (Wildman–Crippen LogP) is 2.90. The number of halogens is 2. The molecule has 1 N–H and O–H groups in total. The Balaban J connectivity index is 1.80. The van der Waals surface area contributed by atoms with Crippen LogP contribution in [0.2, 0.25) is 0 Å². The summed E-state index contributed by atoms with van der Waals surface area (Å²) in [5.41, 5.74) is 0.723. The van der Waals surface area contributed by atoms with Gasteiger partial charge < -0.3 is 10.0 Å². The summed E-state index contributed by atoms with van der Waals surface area (Å²) >= 11 is 5.67. The Bertz CT molecular complexity index is 522. The molecule has 1 heterocycles. The molecule has 3 rings (SSSR count). The highest BCUT2D eigenvalue weighted by molar-refractivity contribution is 14.1. The van der Waals surface area contributed by atoms with Crippen molar-refractivity contribution < 1.29 is 9.90 Å². The third-order valence-corrected chi connectivity index (χ3v) is 5.63. The van der Waals surface area contributed by atoms with Gasteiger partial charge in [-0.1, -0.05) is 0 Å². The Labute approximate surface area is 134 Å². The molecular weight excluding hydrogens is 421 g/mol. The SMILES string of the molecule is O=C(c1cc(I)ccc1Br)N1CC2CCC(O)C2C1. The summed E-state index contributed by atoms with van der Waals surface area (Å²) in [7, 11) is 0. The number of amides is 1. The molecule has 102 valence electrons. The number of carbonyl (C=O) groups is 1. The molecule has 5 heteroatoms. The number of aliphatic hydroxyl groups excluding tert-OH is 1. The van der Waals surface area contributed by atoms with Crippen molar-refractivity contribution in [1.82, 2.24) is 4.90 Å². The largest absolute Gasteiger partial charge is 0.393 e. The second-order valence-electron chi connectivity index (χ2n) is 5.40. The maximum absolute atomic E-state index is 12.6. The van der Waals surface area contributed by atoms with Crippen LogP contribution in [0.5, 0.6) is 0 Å². The predicted molar refractivity (Wildman–Crippen MR) is 85.0 cm³/mol. The minimum absolute atomic E-state index is 0.0759. The first-order valence-electron chi connectivity index (χ1n) is 6.48. The lowest BCUT2D eigenvalue weighted by atomic mass is 10.00. The highest BCUT2D eigenvalue weighted by Gasteiger charge is 2.43. The maximum Gasteiger partial charge on any atom is 0.255 e. The van der Waals surface area contributed by atoms with Crippen molar-refractivity contribution in [2.45, 2.75) is 18.9 Å². The van der Waals surface area contributed by atoms with Gasteiger partial charge in [0.1, 0.15) is 0 Å². The fraction of sp³-hybridized carbons (Fsp3) is 0.500. The number of likely N-dealkylation sites (tertiary alicyclic amines) is 1. The number of hydrogen-bond acceptors (Lipinski definition) is 2. The number of carbonyl (C=O) groups excluding carboxylic acids is 1. The molecule has 3 nitrogen and oxygen atoms in total. The van der Waals surface area contributed by atoms with Gasteiger partial charge in [0.2, 0.25) is 0 Å². The van der Waals surface area contributed by atoms with Crippen molar-refractivity contribution in [3.05, 3.63) is 31.8 Å². The molecule has 3 unspecified atom stereocenters. The van der Waals surface area contributed by atoms with Gasteiger partial charge in [0.15, 0.2) is 0 Å². The van der Waals surface area contributed by atoms with Crippen LogP contribution in [0, 0.1) is 15.4 Å². The van der Waals surface area contributed by atoms with E-state index in [4.69, 9.17) is 0 Å². The summed E-state index contributed by atoms with van der Waals surface area (Å²) < 4.78 is 1.90. The quantitative estimate of drug-likeness (QED) is 0.689. The van der Waals surface area contributed by atoms with Crippen LogP contribution in [0.4, 0.5) is 0 Å². The van der Waals surface area contributed by atoms with E-state index >= 15 is 0 Å². The van der Waals surface area contributed by atoms with E-state index < -0.39 is 0 Å². The molecule has 2 fully saturated rings. The monoisotopic (exact) mass is 435 g/mol. The average molecular weight is 436 g/mol. The number of fused-ring (bicyclic) bond motifs is 1. The molecule has 0 bridgehead atoms. The minimum Gasteiger partial charge on any atom is -0.393 e. The molecule has 3 atom stereocenters. The van der Waals surface area contributed by atoms with Gasteiger partial charge >= 0.3 is 0 Å². The molecule has 1 aromatic carbocycles. The zero-order chi connectivity index (χ0) is 13.6. The number of nitrogens with zero attached hydrogens (tertiary/aromatic N) is 1. The molecule has 1 aromatic rings. The van der Waals surface area contributed by atoms with Crippen LogP contribution in [-0.4, -0.2) is 35.1 Å². The van der Waals surface area contributed by atoms with Crippen LogP contribution in [0.3, 0.4) is 0 Å². The summed E-state index contributed by atoms with van der Waals surface area (Å²) in [5, 5.41) is 9.92. The van der Waals surface area contributed by atoms with Crippen LogP contribution in [0.15, 0.2) is 22.7 Å². The molecule has 1 saturated carbocycles. The standard InChI is InChI=1S/C14H15BrINO2/c15-12-3-2-9(16)5-10(12)14(19)17-6-8-1-4-13(18)11(8)7-17/h2-3,5,8,11,13,18H,1,4,6-7H2. The Morgan fingerprint density at radius 1 is 1.37 bits per heavy atom. The fourth-order valence-electron chi connectivity index (χ4n) is 3.23. The molecule has 0 radical (unpaired) electrons. The number of aliphatic hydroxyl groups is 1. The van der Waals surface area contributed by atoms with Gasteiger partial charge in [0.05, 0.1) is 11.7 Å². The van der Waals surface area contributed by atoms with E-state index in [1.807, 2.05) is 23.1 Å². The zero-order valence-electron chi connectivity index (χ0n) is 10.4. The van der Waals surface area contributed by atoms with E-state index in [0.717, 1.165) is 33.0 Å². The normalized spacial score (nSPS) is 29.6. The van der Waals surface area contributed by atoms with Gasteiger partial charge in [-0.2, -0.15) is 0 Å². The summed E-state index contributed by atoms with van der Waals surface area (Å²) in [4.78, 5) is 14.5. The second-order valence-corrected chi connectivity index (χ2v) is 7.50. The third-order valence-electron chi connectivity index (χ3n) is 4.27. The van der Waals surface area contributed by atoms with Gasteiger partial charge in [-0.05, 0) is 75.5 Å². The van der Waals surface area contributed by atoms with Crippen LogP contribution in [-0.2, 0) is 0 Å². The van der Waals surface area contributed by atoms with Gasteiger partial charge in [-0.25, -0.2) is 0 Å². The average Bonchev–Trinajstić information content (AvgIpc) is 2.94.